The molecule has 1 aliphatic carbocycles. The average molecular weight is 466 g/mol. The summed E-state index contributed by atoms with van der Waals surface area (Å²) in [7, 11) is 1.64. The third-order valence-electron chi connectivity index (χ3n) is 7.13. The number of anilines is 1. The first-order valence-corrected chi connectivity index (χ1v) is 12.5. The van der Waals surface area contributed by atoms with Crippen LogP contribution in [0.15, 0.2) is 54.6 Å². The second-order valence-corrected chi connectivity index (χ2v) is 9.19. The van der Waals surface area contributed by atoms with Crippen LogP contribution in [0.4, 0.5) is 5.69 Å². The van der Waals surface area contributed by atoms with Gasteiger partial charge in [-0.1, -0.05) is 56.5 Å². The van der Waals surface area contributed by atoms with Gasteiger partial charge in [-0.25, -0.2) is 0 Å². The van der Waals surface area contributed by atoms with Crippen molar-refractivity contribution in [1.82, 2.24) is 10.6 Å². The molecule has 0 unspecified atom stereocenters. The minimum atomic E-state index is -0.888. The molecule has 0 bridgehead atoms. The first-order chi connectivity index (χ1) is 16.5. The molecule has 2 amide bonds. The van der Waals surface area contributed by atoms with E-state index in [1.807, 2.05) is 68.4 Å². The van der Waals surface area contributed by atoms with E-state index in [-0.39, 0.29) is 23.7 Å². The van der Waals surface area contributed by atoms with Gasteiger partial charge < -0.3 is 20.7 Å². The maximum Gasteiger partial charge on any atom is 0.246 e. The number of methoxy groups -OCH3 is 1. The summed E-state index contributed by atoms with van der Waals surface area (Å²) in [4.78, 5) is 26.9. The predicted octanol–water partition coefficient (Wildman–Crippen LogP) is 4.87. The zero-order valence-corrected chi connectivity index (χ0v) is 20.7. The zero-order chi connectivity index (χ0) is 24.4. The third-order valence-corrected chi connectivity index (χ3v) is 7.13. The Balaban J connectivity index is 1.66. The number of hydrogen-bond acceptors (Lipinski definition) is 4. The molecule has 0 aliphatic heterocycles. The van der Waals surface area contributed by atoms with E-state index in [4.69, 9.17) is 4.74 Å². The van der Waals surface area contributed by atoms with Gasteiger partial charge in [-0.15, -0.1) is 0 Å². The molecular formula is C28H39N3O3. The Morgan fingerprint density at radius 3 is 2.29 bits per heavy atom. The second kappa shape index (κ2) is 12.4. The van der Waals surface area contributed by atoms with Gasteiger partial charge in [-0.05, 0) is 61.9 Å². The van der Waals surface area contributed by atoms with Crippen molar-refractivity contribution in [3.63, 3.8) is 0 Å². The fourth-order valence-electron chi connectivity index (χ4n) is 4.95. The van der Waals surface area contributed by atoms with Crippen LogP contribution >= 0.6 is 0 Å². The van der Waals surface area contributed by atoms with Crippen LogP contribution in [0, 0.1) is 5.92 Å². The molecule has 1 aliphatic rings. The highest BCUT2D eigenvalue weighted by atomic mass is 16.5. The van der Waals surface area contributed by atoms with Crippen molar-refractivity contribution < 1.29 is 14.3 Å². The van der Waals surface area contributed by atoms with Crippen molar-refractivity contribution >= 4 is 17.5 Å². The number of carbonyl (C=O) groups is 2. The fourth-order valence-corrected chi connectivity index (χ4v) is 4.95. The van der Waals surface area contributed by atoms with Crippen molar-refractivity contribution in [2.75, 3.05) is 25.5 Å². The molecule has 184 valence electrons. The van der Waals surface area contributed by atoms with Gasteiger partial charge in [0.15, 0.2) is 0 Å². The highest BCUT2D eigenvalue weighted by molar-refractivity contribution is 5.93. The average Bonchev–Trinajstić information content (AvgIpc) is 2.90. The molecule has 3 rings (SSSR count). The summed E-state index contributed by atoms with van der Waals surface area (Å²) < 4.78 is 5.19. The van der Waals surface area contributed by atoms with Crippen molar-refractivity contribution in [3.8, 4) is 5.75 Å². The summed E-state index contributed by atoms with van der Waals surface area (Å²) in [5.41, 5.74) is 1.03. The lowest BCUT2D eigenvalue weighted by Crippen LogP contribution is -2.64. The maximum atomic E-state index is 13.6. The second-order valence-electron chi connectivity index (χ2n) is 9.19. The summed E-state index contributed by atoms with van der Waals surface area (Å²) in [5, 5.41) is 9.66. The van der Waals surface area contributed by atoms with Crippen LogP contribution in [-0.2, 0) is 9.59 Å². The number of amides is 2. The molecule has 1 fully saturated rings. The molecule has 0 aromatic heterocycles. The lowest BCUT2D eigenvalue weighted by atomic mass is 9.72. The van der Waals surface area contributed by atoms with Crippen LogP contribution in [0.25, 0.3) is 0 Å². The van der Waals surface area contributed by atoms with Crippen LogP contribution in [-0.4, -0.2) is 37.6 Å². The molecule has 6 nitrogen and oxygen atoms in total. The monoisotopic (exact) mass is 465 g/mol. The number of nitrogens with one attached hydrogen (secondary N) is 3. The van der Waals surface area contributed by atoms with Gasteiger partial charge in [0.1, 0.15) is 11.3 Å². The van der Waals surface area contributed by atoms with Gasteiger partial charge in [0.25, 0.3) is 0 Å². The van der Waals surface area contributed by atoms with Crippen LogP contribution < -0.4 is 20.7 Å². The molecule has 34 heavy (non-hydrogen) atoms. The Hall–Kier alpha value is -3.02. The Morgan fingerprint density at radius 1 is 1.00 bits per heavy atom. The van der Waals surface area contributed by atoms with Crippen molar-refractivity contribution in [2.45, 2.75) is 63.8 Å². The SMILES string of the molecule is CC[C@@](NC(=O)[C@@H](C)c1ccccc1)(C(=O)NCCNc1ccc(OC)cc1)C1CCCCC1. The fraction of sp³-hybridized carbons (Fsp3) is 0.500. The summed E-state index contributed by atoms with van der Waals surface area (Å²) in [5.74, 6) is 0.463. The zero-order valence-electron chi connectivity index (χ0n) is 20.7. The van der Waals surface area contributed by atoms with Crippen LogP contribution in [0.2, 0.25) is 0 Å². The molecular weight excluding hydrogens is 426 g/mol. The summed E-state index contributed by atoms with van der Waals surface area (Å²) in [6, 6.07) is 17.4. The topological polar surface area (TPSA) is 79.5 Å². The Labute approximate surface area is 203 Å². The van der Waals surface area contributed by atoms with Crippen LogP contribution in [0.1, 0.15) is 63.9 Å². The van der Waals surface area contributed by atoms with Gasteiger partial charge in [-0.2, -0.15) is 0 Å². The van der Waals surface area contributed by atoms with Gasteiger partial charge in [0.05, 0.1) is 13.0 Å². The number of carbonyl (C=O) groups excluding carboxylic acids is 2. The molecule has 2 atom stereocenters. The van der Waals surface area contributed by atoms with Crippen LogP contribution in [0.3, 0.4) is 0 Å². The van der Waals surface area contributed by atoms with Crippen LogP contribution in [0.5, 0.6) is 5.75 Å². The van der Waals surface area contributed by atoms with Crippen molar-refractivity contribution in [3.05, 3.63) is 60.2 Å². The molecule has 3 N–H and O–H groups in total. The number of ether oxygens (including phenoxy) is 1. The molecule has 0 heterocycles. The van der Waals surface area contributed by atoms with E-state index in [0.717, 1.165) is 42.7 Å². The summed E-state index contributed by atoms with van der Waals surface area (Å²) >= 11 is 0. The van der Waals surface area contributed by atoms with Crippen molar-refractivity contribution in [2.24, 2.45) is 5.92 Å². The molecule has 0 radical (unpaired) electrons. The Morgan fingerprint density at radius 2 is 1.68 bits per heavy atom. The molecule has 1 saturated carbocycles. The van der Waals surface area contributed by atoms with E-state index < -0.39 is 5.54 Å². The normalized spacial score (nSPS) is 16.7. The maximum absolute atomic E-state index is 13.6. The Bertz CT molecular complexity index is 910. The minimum Gasteiger partial charge on any atom is -0.497 e. The molecule has 0 saturated heterocycles. The Kier molecular flexibility index (Phi) is 9.37. The summed E-state index contributed by atoms with van der Waals surface area (Å²) in [6.07, 6.45) is 5.89. The van der Waals surface area contributed by atoms with Gasteiger partial charge in [0, 0.05) is 18.8 Å². The summed E-state index contributed by atoms with van der Waals surface area (Å²) in [6.45, 7) is 4.99. The number of rotatable bonds is 11. The first-order valence-electron chi connectivity index (χ1n) is 12.5. The van der Waals surface area contributed by atoms with E-state index >= 15 is 0 Å². The largest absolute Gasteiger partial charge is 0.497 e. The highest BCUT2D eigenvalue weighted by Crippen LogP contribution is 2.36. The lowest BCUT2D eigenvalue weighted by Gasteiger charge is -2.42. The lowest BCUT2D eigenvalue weighted by molar-refractivity contribution is -0.137. The van der Waals surface area contributed by atoms with Gasteiger partial charge in [-0.3, -0.25) is 9.59 Å². The molecule has 0 spiro atoms. The predicted molar refractivity (Wildman–Crippen MR) is 137 cm³/mol. The third kappa shape index (κ3) is 6.31. The highest BCUT2D eigenvalue weighted by Gasteiger charge is 2.46. The van der Waals surface area contributed by atoms with E-state index in [1.54, 1.807) is 7.11 Å². The van der Waals surface area contributed by atoms with E-state index in [0.29, 0.717) is 19.5 Å². The number of benzene rings is 2. The van der Waals surface area contributed by atoms with E-state index in [1.165, 1.54) is 6.42 Å². The van der Waals surface area contributed by atoms with E-state index in [2.05, 4.69) is 16.0 Å². The van der Waals surface area contributed by atoms with E-state index in [9.17, 15) is 9.59 Å². The van der Waals surface area contributed by atoms with Gasteiger partial charge >= 0.3 is 0 Å². The minimum absolute atomic E-state index is 0.0768. The standard InChI is InChI=1S/C28H39N3O3/c1-4-28(23-13-9-6-10-14-23,31-26(32)21(2)22-11-7-5-8-12-22)27(33)30-20-19-29-24-15-17-25(34-3)18-16-24/h5,7-8,11-12,15-18,21,23,29H,4,6,9-10,13-14,19-20H2,1-3H3,(H,30,33)(H,31,32)/t21-,28-/m0/s1. The first kappa shape index (κ1) is 25.6. The molecule has 2 aromatic rings. The quantitative estimate of drug-likeness (QED) is 0.414. The number of hydrogen-bond donors (Lipinski definition) is 3. The van der Waals surface area contributed by atoms with Gasteiger partial charge in [0.2, 0.25) is 11.8 Å². The molecule has 6 heteroatoms. The van der Waals surface area contributed by atoms with Crippen molar-refractivity contribution in [1.29, 1.82) is 0 Å². The molecule has 2 aromatic carbocycles. The smallest absolute Gasteiger partial charge is 0.246 e.